The topological polar surface area (TPSA) is 44.8 Å². The van der Waals surface area contributed by atoms with Crippen molar-refractivity contribution in [1.29, 1.82) is 0 Å². The lowest BCUT2D eigenvalue weighted by atomic mass is 9.84. The van der Waals surface area contributed by atoms with E-state index in [-0.39, 0.29) is 24.4 Å². The van der Waals surface area contributed by atoms with E-state index in [4.69, 9.17) is 4.74 Å². The normalized spacial score (nSPS) is 28.6. The molecule has 4 heterocycles. The smallest absolute Gasteiger partial charge is 0.255 e. The summed E-state index contributed by atoms with van der Waals surface area (Å²) < 4.78 is 20.2. The largest absolute Gasteiger partial charge is 0.483 e. The van der Waals surface area contributed by atoms with Crippen molar-refractivity contribution in [2.75, 3.05) is 38.1 Å². The minimum absolute atomic E-state index is 0. The number of ether oxygens (including phenoxy) is 1. The molecule has 3 saturated heterocycles. The summed E-state index contributed by atoms with van der Waals surface area (Å²) in [6.07, 6.45) is 2.25. The van der Waals surface area contributed by atoms with Crippen molar-refractivity contribution >= 4 is 24.0 Å². The maximum Gasteiger partial charge on any atom is 0.255 e. The Hall–Kier alpha value is -1.53. The number of rotatable bonds is 2. The Morgan fingerprint density at radius 1 is 1.31 bits per heavy atom. The van der Waals surface area contributed by atoms with Gasteiger partial charge in [0.2, 0.25) is 0 Å². The van der Waals surface area contributed by atoms with E-state index in [9.17, 15) is 9.18 Å². The molecule has 0 spiro atoms. The van der Waals surface area contributed by atoms with Crippen molar-refractivity contribution in [2.45, 2.75) is 38.3 Å². The van der Waals surface area contributed by atoms with Crippen molar-refractivity contribution in [2.24, 2.45) is 5.92 Å². The van der Waals surface area contributed by atoms with Crippen molar-refractivity contribution in [1.82, 2.24) is 10.2 Å². The van der Waals surface area contributed by atoms with Crippen LogP contribution >= 0.6 is 12.4 Å². The van der Waals surface area contributed by atoms with Crippen LogP contribution in [0.2, 0.25) is 0 Å². The van der Waals surface area contributed by atoms with E-state index in [1.807, 2.05) is 25.8 Å². The van der Waals surface area contributed by atoms with Gasteiger partial charge >= 0.3 is 0 Å². The molecule has 0 aromatic heterocycles. The number of carbonyl (C=O) groups excluding carboxylic acids is 1. The van der Waals surface area contributed by atoms with Crippen molar-refractivity contribution < 1.29 is 13.9 Å². The molecular formula is C19H27ClFN3O2. The average molecular weight is 384 g/mol. The number of nitrogens with zero attached hydrogens (tertiary/aromatic N) is 2. The molecule has 7 heteroatoms. The van der Waals surface area contributed by atoms with Crippen molar-refractivity contribution in [3.63, 3.8) is 0 Å². The van der Waals surface area contributed by atoms with Crippen LogP contribution in [0.4, 0.5) is 10.1 Å². The zero-order valence-corrected chi connectivity index (χ0v) is 16.4. The average Bonchev–Trinajstić information content (AvgIpc) is 2.55. The molecule has 26 heavy (non-hydrogen) atoms. The summed E-state index contributed by atoms with van der Waals surface area (Å²) >= 11 is 0. The molecule has 144 valence electrons. The molecule has 1 aromatic rings. The number of likely N-dealkylation sites (N-methyl/N-ethyl adjacent to an activating group) is 1. The first-order valence-corrected chi connectivity index (χ1v) is 9.09. The van der Waals surface area contributed by atoms with Crippen LogP contribution in [0, 0.1) is 11.7 Å². The third-order valence-corrected chi connectivity index (χ3v) is 5.66. The Bertz CT molecular complexity index is 704. The van der Waals surface area contributed by atoms with Crippen LogP contribution < -0.4 is 15.0 Å². The summed E-state index contributed by atoms with van der Waals surface area (Å²) in [5, 5.41) is 3.14. The quantitative estimate of drug-likeness (QED) is 0.852. The summed E-state index contributed by atoms with van der Waals surface area (Å²) in [6, 6.07) is 2.88. The van der Waals surface area contributed by atoms with Crippen molar-refractivity contribution in [3.05, 3.63) is 23.5 Å². The number of fused-ring (bicyclic) bond motifs is 4. The summed E-state index contributed by atoms with van der Waals surface area (Å²) in [5.41, 5.74) is 0.508. The van der Waals surface area contributed by atoms with Gasteiger partial charge in [0, 0.05) is 25.7 Å². The second-order valence-corrected chi connectivity index (χ2v) is 8.24. The fourth-order valence-electron chi connectivity index (χ4n) is 4.48. The first kappa shape index (κ1) is 19.2. The number of nitrogens with one attached hydrogen (secondary N) is 1. The molecule has 4 aliphatic heterocycles. The second-order valence-electron chi connectivity index (χ2n) is 8.24. The molecule has 5 nitrogen and oxygen atoms in total. The van der Waals surface area contributed by atoms with Gasteiger partial charge in [-0.15, -0.1) is 12.4 Å². The number of piperidine rings is 3. The summed E-state index contributed by atoms with van der Waals surface area (Å²) in [5.74, 6) is 0.367. The minimum Gasteiger partial charge on any atom is -0.483 e. The fourth-order valence-corrected chi connectivity index (χ4v) is 4.48. The fraction of sp³-hybridized carbons (Fsp3) is 0.632. The molecule has 4 aliphatic rings. The lowest BCUT2D eigenvalue weighted by molar-refractivity contribution is 0.0610. The lowest BCUT2D eigenvalue weighted by Gasteiger charge is -2.45. The van der Waals surface area contributed by atoms with Gasteiger partial charge in [0.15, 0.2) is 5.75 Å². The molecule has 5 rings (SSSR count). The molecular weight excluding hydrogens is 357 g/mol. The first-order chi connectivity index (χ1) is 11.8. The second kappa shape index (κ2) is 6.89. The maximum atomic E-state index is 14.1. The van der Waals surface area contributed by atoms with Crippen LogP contribution in [-0.4, -0.2) is 55.7 Å². The Morgan fingerprint density at radius 2 is 2.00 bits per heavy atom. The number of benzene rings is 1. The highest BCUT2D eigenvalue weighted by Gasteiger charge is 2.37. The van der Waals surface area contributed by atoms with E-state index in [2.05, 4.69) is 10.2 Å². The Balaban J connectivity index is 0.00000196. The van der Waals surface area contributed by atoms with Gasteiger partial charge in [0.25, 0.3) is 5.91 Å². The molecule has 1 N–H and O–H groups in total. The van der Waals surface area contributed by atoms with Crippen LogP contribution in [0.15, 0.2) is 12.1 Å². The Morgan fingerprint density at radius 3 is 2.62 bits per heavy atom. The number of carbonyl (C=O) groups is 1. The van der Waals surface area contributed by atoms with Crippen LogP contribution in [0.25, 0.3) is 0 Å². The van der Waals surface area contributed by atoms with E-state index in [0.29, 0.717) is 29.5 Å². The summed E-state index contributed by atoms with van der Waals surface area (Å²) in [7, 11) is 1.90. The van der Waals surface area contributed by atoms with Gasteiger partial charge in [0.1, 0.15) is 11.4 Å². The SMILES string of the molecule is CN1CC(C)(C)Oc2c(C(=O)NC3CN4CCC3CC4)cc(F)cc21.Cl. The predicted octanol–water partition coefficient (Wildman–Crippen LogP) is 2.68. The van der Waals surface area contributed by atoms with Crippen molar-refractivity contribution in [3.8, 4) is 5.75 Å². The van der Waals surface area contributed by atoms with Gasteiger partial charge in [-0.25, -0.2) is 4.39 Å². The van der Waals surface area contributed by atoms with Gasteiger partial charge < -0.3 is 19.9 Å². The molecule has 2 bridgehead atoms. The summed E-state index contributed by atoms with van der Waals surface area (Å²) in [4.78, 5) is 17.3. The third-order valence-electron chi connectivity index (χ3n) is 5.66. The van der Waals surface area contributed by atoms with E-state index < -0.39 is 11.4 Å². The number of hydrogen-bond acceptors (Lipinski definition) is 4. The molecule has 0 aliphatic carbocycles. The lowest BCUT2D eigenvalue weighted by Crippen LogP contribution is -2.57. The van der Waals surface area contributed by atoms with E-state index in [0.717, 1.165) is 32.5 Å². The van der Waals surface area contributed by atoms with E-state index >= 15 is 0 Å². The van der Waals surface area contributed by atoms with Gasteiger partial charge in [-0.05, 0) is 51.8 Å². The van der Waals surface area contributed by atoms with Crippen LogP contribution in [-0.2, 0) is 0 Å². The molecule has 1 unspecified atom stereocenters. The van der Waals surface area contributed by atoms with Gasteiger partial charge in [0.05, 0.1) is 17.8 Å². The van der Waals surface area contributed by atoms with Gasteiger partial charge in [-0.3, -0.25) is 4.79 Å². The number of hydrogen-bond donors (Lipinski definition) is 1. The minimum atomic E-state index is -0.426. The molecule has 1 aromatic carbocycles. The van der Waals surface area contributed by atoms with Crippen LogP contribution in [0.5, 0.6) is 5.75 Å². The number of halogens is 2. The zero-order valence-electron chi connectivity index (χ0n) is 15.5. The van der Waals surface area contributed by atoms with Gasteiger partial charge in [-0.2, -0.15) is 0 Å². The predicted molar refractivity (Wildman–Crippen MR) is 102 cm³/mol. The molecule has 1 atom stereocenters. The molecule has 0 radical (unpaired) electrons. The monoisotopic (exact) mass is 383 g/mol. The van der Waals surface area contributed by atoms with E-state index in [1.165, 1.54) is 12.1 Å². The zero-order chi connectivity index (χ0) is 17.8. The maximum absolute atomic E-state index is 14.1. The number of amides is 1. The standard InChI is InChI=1S/C19H26FN3O2.ClH/c1-19(2)11-22(3)16-9-13(20)8-14(17(16)25-19)18(24)21-15-10-23-6-4-12(15)5-7-23;/h8-9,12,15H,4-7,10-11H2,1-3H3,(H,21,24);1H. The molecule has 1 amide bonds. The number of anilines is 1. The highest BCUT2D eigenvalue weighted by molar-refractivity contribution is 5.99. The summed E-state index contributed by atoms with van der Waals surface area (Å²) in [6.45, 7) is 7.73. The van der Waals surface area contributed by atoms with Gasteiger partial charge in [-0.1, -0.05) is 0 Å². The highest BCUT2D eigenvalue weighted by atomic mass is 35.5. The Labute approximate surface area is 160 Å². The molecule has 3 fully saturated rings. The third kappa shape index (κ3) is 3.49. The Kier molecular flexibility index (Phi) is 5.10. The molecule has 0 saturated carbocycles. The van der Waals surface area contributed by atoms with Crippen LogP contribution in [0.3, 0.4) is 0 Å². The van der Waals surface area contributed by atoms with E-state index in [1.54, 1.807) is 0 Å². The first-order valence-electron chi connectivity index (χ1n) is 9.09. The van der Waals surface area contributed by atoms with Crippen LogP contribution in [0.1, 0.15) is 37.0 Å². The highest BCUT2D eigenvalue weighted by Crippen LogP contribution is 2.40.